The second kappa shape index (κ2) is 10.2. The van der Waals surface area contributed by atoms with Crippen molar-refractivity contribution in [1.29, 1.82) is 0 Å². The molecule has 2 heterocycles. The normalized spacial score (nSPS) is 11.2. The minimum absolute atomic E-state index is 0.0695. The molecule has 5 aromatic rings. The summed E-state index contributed by atoms with van der Waals surface area (Å²) in [6.07, 6.45) is 2.78. The van der Waals surface area contributed by atoms with Crippen molar-refractivity contribution in [2.45, 2.75) is 0 Å². The Morgan fingerprint density at radius 1 is 1.03 bits per heavy atom. The molecule has 0 radical (unpaired) electrons. The molecule has 3 aromatic carbocycles. The van der Waals surface area contributed by atoms with E-state index >= 15 is 0 Å². The summed E-state index contributed by atoms with van der Waals surface area (Å²) in [7, 11) is 0. The first-order valence-electron chi connectivity index (χ1n) is 10.8. The molecule has 5 rings (SSSR count). The number of H-pyrrole nitrogens is 1. The summed E-state index contributed by atoms with van der Waals surface area (Å²) < 4.78 is 11.3. The van der Waals surface area contributed by atoms with Gasteiger partial charge in [0.1, 0.15) is 11.4 Å². The van der Waals surface area contributed by atoms with Crippen LogP contribution >= 0.6 is 27.5 Å². The Morgan fingerprint density at radius 2 is 1.86 bits per heavy atom. The molecule has 1 amide bonds. The number of fused-ring (bicyclic) bond motifs is 1. The van der Waals surface area contributed by atoms with E-state index in [1.54, 1.807) is 30.3 Å². The highest BCUT2D eigenvalue weighted by Gasteiger charge is 2.20. The molecule has 0 fully saturated rings. The monoisotopic (exact) mass is 561 g/mol. The Kier molecular flexibility index (Phi) is 6.71. The van der Waals surface area contributed by atoms with Gasteiger partial charge in [-0.2, -0.15) is 5.10 Å². The zero-order valence-corrected chi connectivity index (χ0v) is 20.8. The molecule has 0 unspecified atom stereocenters. The third-order valence-corrected chi connectivity index (χ3v) is 6.15. The number of hydrazone groups is 1. The number of benzene rings is 3. The van der Waals surface area contributed by atoms with Crippen molar-refractivity contribution < 1.29 is 18.7 Å². The summed E-state index contributed by atoms with van der Waals surface area (Å²) in [6, 6.07) is 23.2. The molecule has 178 valence electrons. The van der Waals surface area contributed by atoms with E-state index < -0.39 is 11.9 Å². The molecule has 0 atom stereocenters. The van der Waals surface area contributed by atoms with E-state index in [4.69, 9.17) is 20.8 Å². The number of halogens is 2. The number of esters is 1. The number of nitrogens with one attached hydrogen (secondary N) is 2. The molecule has 36 heavy (non-hydrogen) atoms. The number of hydrogen-bond acceptors (Lipinski definition) is 5. The number of carbonyl (C=O) groups is 2. The summed E-state index contributed by atoms with van der Waals surface area (Å²) in [5.74, 6) is -0.787. The number of aromatic nitrogens is 1. The van der Waals surface area contributed by atoms with Crippen molar-refractivity contribution in [1.82, 2.24) is 10.4 Å². The molecule has 0 saturated heterocycles. The van der Waals surface area contributed by atoms with Crippen molar-refractivity contribution in [3.05, 3.63) is 112 Å². The largest absolute Gasteiger partial charge is 0.457 e. The number of hydrogen-bond donors (Lipinski definition) is 2. The van der Waals surface area contributed by atoms with Gasteiger partial charge in [-0.1, -0.05) is 70.0 Å². The Morgan fingerprint density at radius 3 is 2.64 bits per heavy atom. The third-order valence-electron chi connectivity index (χ3n) is 5.34. The summed E-state index contributed by atoms with van der Waals surface area (Å²) in [5.41, 5.74) is 5.57. The predicted molar refractivity (Wildman–Crippen MR) is 142 cm³/mol. The van der Waals surface area contributed by atoms with E-state index in [1.807, 2.05) is 42.5 Å². The third kappa shape index (κ3) is 4.82. The topological polar surface area (TPSA) is 96.7 Å². The van der Waals surface area contributed by atoms with Crippen LogP contribution in [0.1, 0.15) is 26.6 Å². The van der Waals surface area contributed by atoms with Gasteiger partial charge in [0, 0.05) is 21.0 Å². The Bertz CT molecular complexity index is 1590. The molecule has 0 saturated carbocycles. The average Bonchev–Trinajstić information content (AvgIpc) is 3.55. The zero-order chi connectivity index (χ0) is 25.1. The number of aromatic amines is 1. The lowest BCUT2D eigenvalue weighted by Gasteiger charge is -2.07. The fraction of sp³-hybridized carbons (Fsp3) is 0. The molecule has 0 aliphatic heterocycles. The fourth-order valence-electron chi connectivity index (χ4n) is 3.73. The van der Waals surface area contributed by atoms with Crippen LogP contribution in [0, 0.1) is 0 Å². The zero-order valence-electron chi connectivity index (χ0n) is 18.5. The lowest BCUT2D eigenvalue weighted by atomic mass is 10.0. The number of nitrogens with zero attached hydrogens (tertiary/aromatic N) is 1. The molecule has 9 heteroatoms. The quantitative estimate of drug-likeness (QED) is 0.103. The van der Waals surface area contributed by atoms with Crippen LogP contribution in [0.5, 0.6) is 5.75 Å². The molecular formula is C27H17BrClN3O4. The van der Waals surface area contributed by atoms with E-state index in [9.17, 15) is 9.59 Å². The molecule has 2 N–H and O–H groups in total. The number of carbonyl (C=O) groups excluding carboxylic acids is 2. The van der Waals surface area contributed by atoms with E-state index in [0.29, 0.717) is 21.8 Å². The van der Waals surface area contributed by atoms with E-state index in [2.05, 4.69) is 31.4 Å². The van der Waals surface area contributed by atoms with Crippen LogP contribution < -0.4 is 10.2 Å². The average molecular weight is 563 g/mol. The lowest BCUT2D eigenvalue weighted by Crippen LogP contribution is -2.19. The lowest BCUT2D eigenvalue weighted by molar-refractivity contribution is 0.0700. The molecule has 7 nitrogen and oxygen atoms in total. The summed E-state index contributed by atoms with van der Waals surface area (Å²) in [4.78, 5) is 28.6. The Labute approximate surface area is 218 Å². The smallest absolute Gasteiger partial charge is 0.379 e. The Hall–Kier alpha value is -4.14. The van der Waals surface area contributed by atoms with E-state index in [-0.39, 0.29) is 11.5 Å². The van der Waals surface area contributed by atoms with Crippen LogP contribution in [-0.2, 0) is 0 Å². The Balaban J connectivity index is 1.43. The van der Waals surface area contributed by atoms with Crippen molar-refractivity contribution in [3.8, 4) is 16.9 Å². The first kappa shape index (κ1) is 23.6. The first-order valence-corrected chi connectivity index (χ1v) is 11.9. The summed E-state index contributed by atoms with van der Waals surface area (Å²) in [5, 5.41) is 5.43. The maximum Gasteiger partial charge on any atom is 0.379 e. The maximum absolute atomic E-state index is 13.2. The standard InChI is InChI=1S/C27H17BrClN3O4/c28-18-11-12-21(36-27(34)22-10-5-13-35-22)17(14-18)15-30-32-26(33)25-23(16-6-2-1-3-7-16)19-8-4-9-20(29)24(19)31-25/h1-15,31H,(H,32,33). The van der Waals surface area contributed by atoms with Gasteiger partial charge in [-0.3, -0.25) is 4.79 Å². The van der Waals surface area contributed by atoms with Gasteiger partial charge in [0.05, 0.1) is 23.0 Å². The number of rotatable bonds is 6. The summed E-state index contributed by atoms with van der Waals surface area (Å²) >= 11 is 9.78. The van der Waals surface area contributed by atoms with Gasteiger partial charge in [0.15, 0.2) is 0 Å². The van der Waals surface area contributed by atoms with Crippen molar-refractivity contribution in [3.63, 3.8) is 0 Å². The van der Waals surface area contributed by atoms with Crippen molar-refractivity contribution in [2.75, 3.05) is 0 Å². The van der Waals surface area contributed by atoms with E-state index in [0.717, 1.165) is 21.0 Å². The van der Waals surface area contributed by atoms with Gasteiger partial charge >= 0.3 is 5.97 Å². The molecule has 0 bridgehead atoms. The second-order valence-corrected chi connectivity index (χ2v) is 8.97. The highest BCUT2D eigenvalue weighted by Crippen LogP contribution is 2.35. The number of furan rings is 1. The van der Waals surface area contributed by atoms with Crippen LogP contribution in [0.3, 0.4) is 0 Å². The van der Waals surface area contributed by atoms with Gasteiger partial charge in [-0.15, -0.1) is 0 Å². The minimum Gasteiger partial charge on any atom is -0.457 e. The maximum atomic E-state index is 13.2. The van der Waals surface area contributed by atoms with Gasteiger partial charge in [-0.25, -0.2) is 10.2 Å². The van der Waals surface area contributed by atoms with Gasteiger partial charge in [0.25, 0.3) is 5.91 Å². The minimum atomic E-state index is -0.650. The fourth-order valence-corrected chi connectivity index (χ4v) is 4.33. The molecule has 0 aliphatic carbocycles. The highest BCUT2D eigenvalue weighted by atomic mass is 79.9. The molecule has 0 spiro atoms. The van der Waals surface area contributed by atoms with Crippen LogP contribution in [0.4, 0.5) is 0 Å². The van der Waals surface area contributed by atoms with Crippen LogP contribution in [0.2, 0.25) is 5.02 Å². The van der Waals surface area contributed by atoms with Crippen molar-refractivity contribution >= 4 is 56.5 Å². The van der Waals surface area contributed by atoms with E-state index in [1.165, 1.54) is 18.5 Å². The molecule has 0 aliphatic rings. The molecule has 2 aromatic heterocycles. The number of ether oxygens (including phenoxy) is 1. The number of para-hydroxylation sites is 1. The van der Waals surface area contributed by atoms with Crippen LogP contribution in [-0.4, -0.2) is 23.1 Å². The van der Waals surface area contributed by atoms with Crippen LogP contribution in [0.15, 0.2) is 99.1 Å². The second-order valence-electron chi connectivity index (χ2n) is 7.65. The van der Waals surface area contributed by atoms with Crippen LogP contribution in [0.25, 0.3) is 22.0 Å². The highest BCUT2D eigenvalue weighted by molar-refractivity contribution is 9.10. The van der Waals surface area contributed by atoms with Gasteiger partial charge < -0.3 is 14.1 Å². The predicted octanol–water partition coefficient (Wildman–Crippen LogP) is 6.83. The SMILES string of the molecule is O=C(Oc1ccc(Br)cc1C=NNC(=O)c1[nH]c2c(Cl)cccc2c1-c1ccccc1)c1ccco1. The first-order chi connectivity index (χ1) is 17.5. The molecular weight excluding hydrogens is 546 g/mol. The number of amides is 1. The van der Waals surface area contributed by atoms with Gasteiger partial charge in [-0.05, 0) is 42.0 Å². The van der Waals surface area contributed by atoms with Gasteiger partial charge in [0.2, 0.25) is 5.76 Å². The summed E-state index contributed by atoms with van der Waals surface area (Å²) in [6.45, 7) is 0. The van der Waals surface area contributed by atoms with Crippen molar-refractivity contribution in [2.24, 2.45) is 5.10 Å².